The van der Waals surface area contributed by atoms with Crippen molar-refractivity contribution >= 4 is 11.4 Å². The Kier molecular flexibility index (Phi) is 5.18. The lowest BCUT2D eigenvalue weighted by molar-refractivity contribution is -0.384. The topological polar surface area (TPSA) is 84.6 Å². The van der Waals surface area contributed by atoms with Crippen LogP contribution in [0.4, 0.5) is 11.4 Å². The van der Waals surface area contributed by atoms with Gasteiger partial charge >= 0.3 is 0 Å². The number of anilines is 1. The average Bonchev–Trinajstić information content (AvgIpc) is 2.51. The van der Waals surface area contributed by atoms with Crippen LogP contribution in [0, 0.1) is 10.1 Å². The number of benzene rings is 2. The van der Waals surface area contributed by atoms with Crippen LogP contribution >= 0.6 is 0 Å². The predicted octanol–water partition coefficient (Wildman–Crippen LogP) is 3.36. The summed E-state index contributed by atoms with van der Waals surface area (Å²) in [4.78, 5) is 10.8. The lowest BCUT2D eigenvalue weighted by Crippen LogP contribution is -2.29. The average molecular weight is 316 g/mol. The van der Waals surface area contributed by atoms with Crippen molar-refractivity contribution < 1.29 is 14.8 Å². The first kappa shape index (κ1) is 16.8. The monoisotopic (exact) mass is 316 g/mol. The molecule has 0 amide bonds. The van der Waals surface area contributed by atoms with E-state index >= 15 is 0 Å². The maximum Gasteiger partial charge on any atom is 0.296 e. The molecular formula is C17H20N2O4. The molecule has 2 aromatic carbocycles. The van der Waals surface area contributed by atoms with E-state index in [0.29, 0.717) is 18.0 Å². The largest absolute Gasteiger partial charge is 0.489 e. The van der Waals surface area contributed by atoms with Gasteiger partial charge in [0.05, 0.1) is 16.6 Å². The van der Waals surface area contributed by atoms with Crippen LogP contribution in [0.25, 0.3) is 0 Å². The molecule has 122 valence electrons. The normalized spacial score (nSPS) is 11.1. The van der Waals surface area contributed by atoms with Gasteiger partial charge < -0.3 is 15.2 Å². The van der Waals surface area contributed by atoms with Crippen LogP contribution in [0.1, 0.15) is 19.4 Å². The molecule has 23 heavy (non-hydrogen) atoms. The molecule has 0 fully saturated rings. The molecule has 0 heterocycles. The van der Waals surface area contributed by atoms with Gasteiger partial charge in [-0.05, 0) is 31.5 Å². The van der Waals surface area contributed by atoms with Gasteiger partial charge in [0.15, 0.2) is 0 Å². The zero-order valence-electron chi connectivity index (χ0n) is 13.2. The number of nitro groups is 1. The van der Waals surface area contributed by atoms with E-state index in [0.717, 1.165) is 5.56 Å². The molecule has 0 spiro atoms. The van der Waals surface area contributed by atoms with Crippen LogP contribution in [0.2, 0.25) is 0 Å². The number of rotatable bonds is 7. The molecule has 2 rings (SSSR count). The van der Waals surface area contributed by atoms with Gasteiger partial charge in [0.2, 0.25) is 0 Å². The van der Waals surface area contributed by atoms with Crippen molar-refractivity contribution in [2.75, 3.05) is 11.9 Å². The van der Waals surface area contributed by atoms with Crippen molar-refractivity contribution in [2.45, 2.75) is 26.1 Å². The summed E-state index contributed by atoms with van der Waals surface area (Å²) in [6, 6.07) is 14.2. The van der Waals surface area contributed by atoms with E-state index in [1.807, 2.05) is 30.3 Å². The van der Waals surface area contributed by atoms with E-state index in [4.69, 9.17) is 4.74 Å². The number of nitro benzene ring substituents is 1. The smallest absolute Gasteiger partial charge is 0.296 e. The van der Waals surface area contributed by atoms with Gasteiger partial charge in [0, 0.05) is 6.54 Å². The van der Waals surface area contributed by atoms with Crippen molar-refractivity contribution in [2.24, 2.45) is 0 Å². The van der Waals surface area contributed by atoms with Gasteiger partial charge in [-0.2, -0.15) is 0 Å². The van der Waals surface area contributed by atoms with Crippen molar-refractivity contribution in [3.05, 3.63) is 64.2 Å². The molecule has 0 aliphatic rings. The lowest BCUT2D eigenvalue weighted by Gasteiger charge is -2.18. The molecule has 0 aliphatic carbocycles. The molecule has 0 unspecified atom stereocenters. The number of nitrogens with one attached hydrogen (secondary N) is 1. The van der Waals surface area contributed by atoms with E-state index in [9.17, 15) is 15.2 Å². The number of ether oxygens (including phenoxy) is 1. The summed E-state index contributed by atoms with van der Waals surface area (Å²) >= 11 is 0. The van der Waals surface area contributed by atoms with Crippen LogP contribution in [0.3, 0.4) is 0 Å². The standard InChI is InChI=1S/C17H20N2O4/c1-17(2,20)12-18-15-9-8-14(10-16(15)19(21)22)23-11-13-6-4-3-5-7-13/h3-10,18,20H,11-12H2,1-2H3. The fraction of sp³-hybridized carbons (Fsp3) is 0.294. The summed E-state index contributed by atoms with van der Waals surface area (Å²) in [6.07, 6.45) is 0. The van der Waals surface area contributed by atoms with Gasteiger partial charge in [-0.15, -0.1) is 0 Å². The summed E-state index contributed by atoms with van der Waals surface area (Å²) in [5, 5.41) is 23.8. The van der Waals surface area contributed by atoms with Gasteiger partial charge in [0.25, 0.3) is 5.69 Å². The number of hydrogen-bond acceptors (Lipinski definition) is 5. The SMILES string of the molecule is CC(C)(O)CNc1ccc(OCc2ccccc2)cc1[N+](=O)[O-]. The molecule has 0 atom stereocenters. The Bertz CT molecular complexity index is 666. The molecule has 2 N–H and O–H groups in total. The van der Waals surface area contributed by atoms with E-state index in [1.165, 1.54) is 6.07 Å². The van der Waals surface area contributed by atoms with Gasteiger partial charge in [-0.25, -0.2) is 0 Å². The molecule has 6 nitrogen and oxygen atoms in total. The first-order valence-corrected chi connectivity index (χ1v) is 7.26. The summed E-state index contributed by atoms with van der Waals surface area (Å²) < 4.78 is 5.60. The fourth-order valence-electron chi connectivity index (χ4n) is 1.95. The van der Waals surface area contributed by atoms with Crippen molar-refractivity contribution in [1.29, 1.82) is 0 Å². The molecule has 0 aliphatic heterocycles. The minimum absolute atomic E-state index is 0.0835. The van der Waals surface area contributed by atoms with Crippen LogP contribution in [0.5, 0.6) is 5.75 Å². The Morgan fingerprint density at radius 2 is 1.91 bits per heavy atom. The number of hydrogen-bond donors (Lipinski definition) is 2. The van der Waals surface area contributed by atoms with Gasteiger partial charge in [-0.1, -0.05) is 30.3 Å². The molecular weight excluding hydrogens is 296 g/mol. The molecule has 2 aromatic rings. The highest BCUT2D eigenvalue weighted by Gasteiger charge is 2.18. The third-order valence-corrected chi connectivity index (χ3v) is 3.13. The third kappa shape index (κ3) is 5.27. The maximum absolute atomic E-state index is 11.2. The van der Waals surface area contributed by atoms with Crippen molar-refractivity contribution in [3.63, 3.8) is 0 Å². The third-order valence-electron chi connectivity index (χ3n) is 3.13. The first-order chi connectivity index (χ1) is 10.8. The second-order valence-corrected chi connectivity index (χ2v) is 5.88. The molecule has 0 saturated heterocycles. The summed E-state index contributed by atoms with van der Waals surface area (Å²) in [5.74, 6) is 0.425. The van der Waals surface area contributed by atoms with E-state index in [2.05, 4.69) is 5.32 Å². The predicted molar refractivity (Wildman–Crippen MR) is 88.7 cm³/mol. The second-order valence-electron chi connectivity index (χ2n) is 5.88. The van der Waals surface area contributed by atoms with E-state index < -0.39 is 10.5 Å². The summed E-state index contributed by atoms with van der Waals surface area (Å²) in [7, 11) is 0. The fourth-order valence-corrected chi connectivity index (χ4v) is 1.95. The van der Waals surface area contributed by atoms with Crippen LogP contribution < -0.4 is 10.1 Å². The minimum Gasteiger partial charge on any atom is -0.489 e. The Morgan fingerprint density at radius 1 is 1.22 bits per heavy atom. The Labute approximate surface area is 134 Å². The van der Waals surface area contributed by atoms with Crippen molar-refractivity contribution in [1.82, 2.24) is 0 Å². The van der Waals surface area contributed by atoms with Crippen LogP contribution in [0.15, 0.2) is 48.5 Å². The van der Waals surface area contributed by atoms with Gasteiger partial charge in [-0.3, -0.25) is 10.1 Å². The van der Waals surface area contributed by atoms with E-state index in [1.54, 1.807) is 26.0 Å². The lowest BCUT2D eigenvalue weighted by atomic mass is 10.1. The number of aliphatic hydroxyl groups is 1. The highest BCUT2D eigenvalue weighted by atomic mass is 16.6. The summed E-state index contributed by atoms with van der Waals surface area (Å²) in [6.45, 7) is 3.80. The second kappa shape index (κ2) is 7.11. The zero-order valence-corrected chi connectivity index (χ0v) is 13.2. The summed E-state index contributed by atoms with van der Waals surface area (Å²) in [5.41, 5.74) is 0.291. The highest BCUT2D eigenvalue weighted by Crippen LogP contribution is 2.29. The zero-order chi connectivity index (χ0) is 16.9. The highest BCUT2D eigenvalue weighted by molar-refractivity contribution is 5.64. The van der Waals surface area contributed by atoms with E-state index in [-0.39, 0.29) is 12.2 Å². The molecule has 0 aromatic heterocycles. The molecule has 6 heteroatoms. The molecule has 0 bridgehead atoms. The van der Waals surface area contributed by atoms with Gasteiger partial charge in [0.1, 0.15) is 18.0 Å². The Balaban J connectivity index is 2.10. The Hall–Kier alpha value is -2.60. The molecule has 0 radical (unpaired) electrons. The quantitative estimate of drug-likeness (QED) is 0.604. The van der Waals surface area contributed by atoms with Crippen LogP contribution in [-0.2, 0) is 6.61 Å². The van der Waals surface area contributed by atoms with Crippen LogP contribution in [-0.4, -0.2) is 22.2 Å². The Morgan fingerprint density at radius 3 is 2.52 bits per heavy atom. The first-order valence-electron chi connectivity index (χ1n) is 7.26. The van der Waals surface area contributed by atoms with Crippen molar-refractivity contribution in [3.8, 4) is 5.75 Å². The number of nitrogens with zero attached hydrogens (tertiary/aromatic N) is 1. The molecule has 0 saturated carbocycles. The minimum atomic E-state index is -0.962. The maximum atomic E-state index is 11.2.